The van der Waals surface area contributed by atoms with E-state index < -0.39 is 0 Å². The summed E-state index contributed by atoms with van der Waals surface area (Å²) in [4.78, 5) is 27.6. The van der Waals surface area contributed by atoms with Crippen LogP contribution >= 0.6 is 0 Å². The van der Waals surface area contributed by atoms with Crippen LogP contribution in [0.3, 0.4) is 0 Å². The highest BCUT2D eigenvalue weighted by molar-refractivity contribution is 5.90. The third-order valence-corrected chi connectivity index (χ3v) is 3.87. The van der Waals surface area contributed by atoms with Crippen molar-refractivity contribution < 1.29 is 9.59 Å². The van der Waals surface area contributed by atoms with Crippen molar-refractivity contribution in [2.45, 2.75) is 58.8 Å². The molecule has 1 atom stereocenters. The maximum absolute atomic E-state index is 11.8. The first-order valence-electron chi connectivity index (χ1n) is 8.63. The Bertz CT molecular complexity index is 463. The molecule has 0 aliphatic rings. The van der Waals surface area contributed by atoms with Gasteiger partial charge in [-0.25, -0.2) is 4.98 Å². The summed E-state index contributed by atoms with van der Waals surface area (Å²) in [6.45, 7) is 5.09. The van der Waals surface area contributed by atoms with E-state index in [9.17, 15) is 9.59 Å². The lowest BCUT2D eigenvalue weighted by Gasteiger charge is -2.15. The molecule has 0 aliphatic carbocycles. The fraction of sp³-hybridized carbons (Fsp3) is 0.611. The second-order valence-electron chi connectivity index (χ2n) is 5.84. The topological polar surface area (TPSA) is 71.1 Å². The van der Waals surface area contributed by atoms with E-state index in [0.717, 1.165) is 13.0 Å². The number of nitrogens with one attached hydrogen (secondary N) is 2. The second-order valence-corrected chi connectivity index (χ2v) is 5.84. The Labute approximate surface area is 139 Å². The Kier molecular flexibility index (Phi) is 9.68. The monoisotopic (exact) mass is 319 g/mol. The Balaban J connectivity index is 2.14. The summed E-state index contributed by atoms with van der Waals surface area (Å²) in [6, 6.07) is 5.36. The molecule has 1 rings (SSSR count). The molecule has 2 amide bonds. The SMILES string of the molecule is CCCC[C@@H](CC)CNC(=O)CCCC(=O)Nc1ccccn1. The second kappa shape index (κ2) is 11.6. The first-order valence-corrected chi connectivity index (χ1v) is 8.63. The highest BCUT2D eigenvalue weighted by Gasteiger charge is 2.09. The number of unbranched alkanes of at least 4 members (excludes halogenated alkanes) is 1. The zero-order chi connectivity index (χ0) is 16.9. The first kappa shape index (κ1) is 19.1. The van der Waals surface area contributed by atoms with Gasteiger partial charge in [0.15, 0.2) is 0 Å². The van der Waals surface area contributed by atoms with Crippen LogP contribution < -0.4 is 10.6 Å². The van der Waals surface area contributed by atoms with Crippen molar-refractivity contribution in [2.24, 2.45) is 5.92 Å². The molecule has 0 saturated carbocycles. The molecule has 5 heteroatoms. The van der Waals surface area contributed by atoms with Gasteiger partial charge in [-0.1, -0.05) is 39.2 Å². The van der Waals surface area contributed by atoms with E-state index in [1.54, 1.807) is 18.3 Å². The van der Waals surface area contributed by atoms with E-state index in [0.29, 0.717) is 31.0 Å². The Morgan fingerprint density at radius 1 is 1.13 bits per heavy atom. The van der Waals surface area contributed by atoms with Crippen LogP contribution in [0.1, 0.15) is 58.8 Å². The third-order valence-electron chi connectivity index (χ3n) is 3.87. The standard InChI is InChI=1S/C18H29N3O2/c1-3-5-9-15(4-2)14-20-17(22)11-8-12-18(23)21-16-10-6-7-13-19-16/h6-7,10,13,15H,3-5,8-9,11-12,14H2,1-2H3,(H,20,22)(H,19,21,23)/t15-/m1/s1. The number of hydrogen-bond acceptors (Lipinski definition) is 3. The van der Waals surface area contributed by atoms with E-state index in [1.165, 1.54) is 19.3 Å². The normalized spacial score (nSPS) is 11.7. The number of carbonyl (C=O) groups is 2. The Morgan fingerprint density at radius 3 is 2.57 bits per heavy atom. The number of carbonyl (C=O) groups excluding carboxylic acids is 2. The number of hydrogen-bond donors (Lipinski definition) is 2. The van der Waals surface area contributed by atoms with Gasteiger partial charge in [-0.05, 0) is 30.9 Å². The number of rotatable bonds is 11. The average Bonchev–Trinajstić information content (AvgIpc) is 2.56. The van der Waals surface area contributed by atoms with Gasteiger partial charge in [0, 0.05) is 25.6 Å². The van der Waals surface area contributed by atoms with Gasteiger partial charge in [-0.15, -0.1) is 0 Å². The average molecular weight is 319 g/mol. The van der Waals surface area contributed by atoms with Crippen molar-refractivity contribution in [2.75, 3.05) is 11.9 Å². The molecule has 2 N–H and O–H groups in total. The fourth-order valence-corrected chi connectivity index (χ4v) is 2.34. The molecule has 1 aromatic rings. The van der Waals surface area contributed by atoms with Gasteiger partial charge in [0.05, 0.1) is 0 Å². The molecule has 0 saturated heterocycles. The van der Waals surface area contributed by atoms with Gasteiger partial charge in [-0.3, -0.25) is 9.59 Å². The smallest absolute Gasteiger partial charge is 0.225 e. The van der Waals surface area contributed by atoms with E-state index in [2.05, 4.69) is 29.5 Å². The minimum atomic E-state index is -0.106. The highest BCUT2D eigenvalue weighted by atomic mass is 16.2. The van der Waals surface area contributed by atoms with E-state index in [-0.39, 0.29) is 11.8 Å². The van der Waals surface area contributed by atoms with Gasteiger partial charge >= 0.3 is 0 Å². The molecule has 1 aromatic heterocycles. The van der Waals surface area contributed by atoms with Crippen molar-refractivity contribution in [1.82, 2.24) is 10.3 Å². The third kappa shape index (κ3) is 8.96. The van der Waals surface area contributed by atoms with Gasteiger partial charge in [0.2, 0.25) is 11.8 Å². The Morgan fingerprint density at radius 2 is 1.91 bits per heavy atom. The molecule has 0 fully saturated rings. The van der Waals surface area contributed by atoms with Crippen molar-refractivity contribution in [1.29, 1.82) is 0 Å². The first-order chi connectivity index (χ1) is 11.2. The lowest BCUT2D eigenvalue weighted by atomic mass is 9.99. The number of anilines is 1. The molecule has 0 unspecified atom stereocenters. The van der Waals surface area contributed by atoms with E-state index >= 15 is 0 Å². The van der Waals surface area contributed by atoms with Crippen molar-refractivity contribution >= 4 is 17.6 Å². The summed E-state index contributed by atoms with van der Waals surface area (Å²) in [5, 5.41) is 5.70. The number of pyridine rings is 1. The quantitative estimate of drug-likeness (QED) is 0.655. The molecule has 23 heavy (non-hydrogen) atoms. The summed E-state index contributed by atoms with van der Waals surface area (Å²) in [5.74, 6) is 1.03. The van der Waals surface area contributed by atoms with Crippen LogP contribution in [0.5, 0.6) is 0 Å². The zero-order valence-corrected chi connectivity index (χ0v) is 14.3. The summed E-state index contributed by atoms with van der Waals surface area (Å²) in [6.07, 6.45) is 7.56. The van der Waals surface area contributed by atoms with Crippen LogP contribution in [0.15, 0.2) is 24.4 Å². The minimum Gasteiger partial charge on any atom is -0.356 e. The van der Waals surface area contributed by atoms with Crippen molar-refractivity contribution in [3.8, 4) is 0 Å². The van der Waals surface area contributed by atoms with Crippen LogP contribution in [-0.2, 0) is 9.59 Å². The van der Waals surface area contributed by atoms with Gasteiger partial charge in [-0.2, -0.15) is 0 Å². The van der Waals surface area contributed by atoms with Crippen LogP contribution in [-0.4, -0.2) is 23.3 Å². The number of aromatic nitrogens is 1. The molecule has 0 aliphatic heterocycles. The van der Waals surface area contributed by atoms with E-state index in [1.807, 2.05) is 6.07 Å². The van der Waals surface area contributed by atoms with Gasteiger partial charge in [0.25, 0.3) is 0 Å². The maximum Gasteiger partial charge on any atom is 0.225 e. The van der Waals surface area contributed by atoms with Gasteiger partial charge in [0.1, 0.15) is 5.82 Å². The number of nitrogens with zero attached hydrogens (tertiary/aromatic N) is 1. The zero-order valence-electron chi connectivity index (χ0n) is 14.3. The molecule has 0 aromatic carbocycles. The largest absolute Gasteiger partial charge is 0.356 e. The van der Waals surface area contributed by atoms with E-state index in [4.69, 9.17) is 0 Å². The molecule has 5 nitrogen and oxygen atoms in total. The highest BCUT2D eigenvalue weighted by Crippen LogP contribution is 2.11. The molecule has 0 spiro atoms. The molecule has 128 valence electrons. The van der Waals surface area contributed by atoms with Crippen LogP contribution in [0, 0.1) is 5.92 Å². The minimum absolute atomic E-state index is 0.0329. The van der Waals surface area contributed by atoms with Crippen LogP contribution in [0.2, 0.25) is 0 Å². The van der Waals surface area contributed by atoms with Crippen molar-refractivity contribution in [3.63, 3.8) is 0 Å². The lowest BCUT2D eigenvalue weighted by Crippen LogP contribution is -2.29. The number of amides is 2. The Hall–Kier alpha value is -1.91. The predicted octanol–water partition coefficient (Wildman–Crippen LogP) is 3.52. The summed E-state index contributed by atoms with van der Waals surface area (Å²) in [5.41, 5.74) is 0. The maximum atomic E-state index is 11.8. The summed E-state index contributed by atoms with van der Waals surface area (Å²) in [7, 11) is 0. The fourth-order valence-electron chi connectivity index (χ4n) is 2.34. The van der Waals surface area contributed by atoms with Gasteiger partial charge < -0.3 is 10.6 Å². The molecular weight excluding hydrogens is 290 g/mol. The molecular formula is C18H29N3O2. The summed E-state index contributed by atoms with van der Waals surface area (Å²) < 4.78 is 0. The van der Waals surface area contributed by atoms with Crippen LogP contribution in [0.25, 0.3) is 0 Å². The molecule has 0 radical (unpaired) electrons. The molecule has 0 bridgehead atoms. The molecule has 1 heterocycles. The van der Waals surface area contributed by atoms with Crippen LogP contribution in [0.4, 0.5) is 5.82 Å². The predicted molar refractivity (Wildman–Crippen MR) is 93.0 cm³/mol. The van der Waals surface area contributed by atoms with Crippen molar-refractivity contribution in [3.05, 3.63) is 24.4 Å². The summed E-state index contributed by atoms with van der Waals surface area (Å²) >= 11 is 0. The lowest BCUT2D eigenvalue weighted by molar-refractivity contribution is -0.121.